The fourth-order valence-corrected chi connectivity index (χ4v) is 3.30. The summed E-state index contributed by atoms with van der Waals surface area (Å²) in [7, 11) is 0. The number of ether oxygens (including phenoxy) is 1. The molecule has 0 aliphatic heterocycles. The van der Waals surface area contributed by atoms with Crippen molar-refractivity contribution in [2.45, 2.75) is 58.1 Å². The normalized spacial score (nSPS) is 16.0. The summed E-state index contributed by atoms with van der Waals surface area (Å²) in [4.78, 5) is 28.3. The molecule has 0 unspecified atom stereocenters. The minimum Gasteiger partial charge on any atom is -0.454 e. The first-order chi connectivity index (χ1) is 12.9. The Hall–Kier alpha value is -2.77. The molecule has 0 spiro atoms. The molecular weight excluding hydrogens is 353 g/mol. The molecule has 7 nitrogen and oxygen atoms in total. The number of amides is 1. The van der Waals surface area contributed by atoms with Gasteiger partial charge >= 0.3 is 5.97 Å². The van der Waals surface area contributed by atoms with E-state index in [1.54, 1.807) is 19.1 Å². The summed E-state index contributed by atoms with van der Waals surface area (Å²) in [6.07, 6.45) is 3.80. The van der Waals surface area contributed by atoms with Gasteiger partial charge in [0.25, 0.3) is 5.89 Å². The first-order valence-corrected chi connectivity index (χ1v) is 8.95. The van der Waals surface area contributed by atoms with Crippen LogP contribution in [0.2, 0.25) is 0 Å². The van der Waals surface area contributed by atoms with Crippen molar-refractivity contribution in [3.63, 3.8) is 0 Å². The van der Waals surface area contributed by atoms with Crippen LogP contribution < -0.4 is 5.32 Å². The number of aromatic nitrogens is 2. The number of hydrogen-bond acceptors (Lipinski definition) is 6. The SMILES string of the molecule is CC(=O)NC1(C(=O)OCc2nc(-c3ccc(C)c(F)c3)no2)CCCCC1. The highest BCUT2D eigenvalue weighted by Gasteiger charge is 2.42. The van der Waals surface area contributed by atoms with Gasteiger partial charge in [-0.2, -0.15) is 4.98 Å². The molecule has 3 rings (SSSR count). The molecule has 0 atom stereocenters. The van der Waals surface area contributed by atoms with Gasteiger partial charge in [0, 0.05) is 12.5 Å². The summed E-state index contributed by atoms with van der Waals surface area (Å²) >= 11 is 0. The first-order valence-electron chi connectivity index (χ1n) is 8.95. The summed E-state index contributed by atoms with van der Waals surface area (Å²) in [5.41, 5.74) is 0.00101. The van der Waals surface area contributed by atoms with Gasteiger partial charge < -0.3 is 14.6 Å². The molecule has 1 amide bonds. The van der Waals surface area contributed by atoms with E-state index in [1.807, 2.05) is 0 Å². The van der Waals surface area contributed by atoms with Gasteiger partial charge in [-0.1, -0.05) is 36.6 Å². The summed E-state index contributed by atoms with van der Waals surface area (Å²) < 4.78 is 24.1. The molecule has 1 N–H and O–H groups in total. The topological polar surface area (TPSA) is 94.3 Å². The van der Waals surface area contributed by atoms with Crippen molar-refractivity contribution in [2.75, 3.05) is 0 Å². The first kappa shape index (κ1) is 19.0. The van der Waals surface area contributed by atoms with Crippen molar-refractivity contribution in [1.82, 2.24) is 15.5 Å². The smallest absolute Gasteiger partial charge is 0.332 e. The van der Waals surface area contributed by atoms with Crippen molar-refractivity contribution in [3.8, 4) is 11.4 Å². The minimum absolute atomic E-state index is 0.105. The average molecular weight is 375 g/mol. The molecule has 1 heterocycles. The molecule has 0 bridgehead atoms. The molecule has 1 aromatic carbocycles. The number of nitrogens with one attached hydrogen (secondary N) is 1. The van der Waals surface area contributed by atoms with E-state index in [4.69, 9.17) is 9.26 Å². The molecule has 2 aromatic rings. The minimum atomic E-state index is -0.993. The predicted octanol–water partition coefficient (Wildman–Crippen LogP) is 3.07. The van der Waals surface area contributed by atoms with Crippen LogP contribution in [0.15, 0.2) is 22.7 Å². The second-order valence-corrected chi connectivity index (χ2v) is 6.88. The lowest BCUT2D eigenvalue weighted by Gasteiger charge is -2.35. The average Bonchev–Trinajstić information content (AvgIpc) is 3.11. The van der Waals surface area contributed by atoms with Crippen LogP contribution in [0.25, 0.3) is 11.4 Å². The van der Waals surface area contributed by atoms with E-state index in [1.165, 1.54) is 13.0 Å². The van der Waals surface area contributed by atoms with Crippen molar-refractivity contribution < 1.29 is 23.2 Å². The Labute approximate surface area is 156 Å². The van der Waals surface area contributed by atoms with Gasteiger partial charge in [0.1, 0.15) is 11.4 Å². The highest BCUT2D eigenvalue weighted by Crippen LogP contribution is 2.30. The maximum Gasteiger partial charge on any atom is 0.332 e. The predicted molar refractivity (Wildman–Crippen MR) is 93.9 cm³/mol. The van der Waals surface area contributed by atoms with Crippen LogP contribution in [0.1, 0.15) is 50.5 Å². The lowest BCUT2D eigenvalue weighted by atomic mass is 9.81. The number of halogens is 1. The zero-order valence-electron chi connectivity index (χ0n) is 15.4. The van der Waals surface area contributed by atoms with Crippen LogP contribution in [0.5, 0.6) is 0 Å². The second-order valence-electron chi connectivity index (χ2n) is 6.88. The zero-order valence-corrected chi connectivity index (χ0v) is 15.4. The molecule has 1 aliphatic rings. The van der Waals surface area contributed by atoms with E-state index in [2.05, 4.69) is 15.5 Å². The molecule has 0 radical (unpaired) electrons. The van der Waals surface area contributed by atoms with Crippen LogP contribution in [0.3, 0.4) is 0 Å². The number of nitrogens with zero attached hydrogens (tertiary/aromatic N) is 2. The number of carbonyl (C=O) groups excluding carboxylic acids is 2. The number of hydrogen-bond donors (Lipinski definition) is 1. The third-order valence-corrected chi connectivity index (χ3v) is 4.74. The molecule has 1 aromatic heterocycles. The Bertz CT molecular complexity index is 843. The summed E-state index contributed by atoms with van der Waals surface area (Å²) in [5.74, 6) is -0.809. The molecule has 27 heavy (non-hydrogen) atoms. The molecule has 8 heteroatoms. The zero-order chi connectivity index (χ0) is 19.4. The third kappa shape index (κ3) is 4.32. The van der Waals surface area contributed by atoms with Gasteiger partial charge in [-0.05, 0) is 31.4 Å². The number of rotatable bonds is 5. The molecule has 1 fully saturated rings. The van der Waals surface area contributed by atoms with Gasteiger partial charge in [0.05, 0.1) is 0 Å². The second kappa shape index (κ2) is 7.85. The van der Waals surface area contributed by atoms with E-state index in [0.717, 1.165) is 19.3 Å². The van der Waals surface area contributed by atoms with Crippen LogP contribution in [0.4, 0.5) is 4.39 Å². The van der Waals surface area contributed by atoms with Gasteiger partial charge in [0.2, 0.25) is 11.7 Å². The third-order valence-electron chi connectivity index (χ3n) is 4.74. The van der Waals surface area contributed by atoms with Crippen molar-refractivity contribution >= 4 is 11.9 Å². The Kier molecular flexibility index (Phi) is 5.53. The molecule has 1 aliphatic carbocycles. The van der Waals surface area contributed by atoms with Gasteiger partial charge in [-0.3, -0.25) is 4.79 Å². The Morgan fingerprint density at radius 3 is 2.70 bits per heavy atom. The van der Waals surface area contributed by atoms with Crippen LogP contribution in [-0.2, 0) is 20.9 Å². The van der Waals surface area contributed by atoms with Crippen molar-refractivity contribution in [1.29, 1.82) is 0 Å². The summed E-state index contributed by atoms with van der Waals surface area (Å²) in [6.45, 7) is 2.84. The number of benzene rings is 1. The van der Waals surface area contributed by atoms with Gasteiger partial charge in [-0.25, -0.2) is 9.18 Å². The fourth-order valence-electron chi connectivity index (χ4n) is 3.30. The quantitative estimate of drug-likeness (QED) is 0.807. The lowest BCUT2D eigenvalue weighted by Crippen LogP contribution is -2.55. The van der Waals surface area contributed by atoms with E-state index < -0.39 is 11.5 Å². The number of carbonyl (C=O) groups is 2. The van der Waals surface area contributed by atoms with E-state index in [0.29, 0.717) is 24.0 Å². The maximum absolute atomic E-state index is 13.7. The lowest BCUT2D eigenvalue weighted by molar-refractivity contribution is -0.157. The number of aryl methyl sites for hydroxylation is 1. The van der Waals surface area contributed by atoms with Crippen LogP contribution >= 0.6 is 0 Å². The van der Waals surface area contributed by atoms with Crippen LogP contribution in [0, 0.1) is 12.7 Å². The Balaban J connectivity index is 1.67. The van der Waals surface area contributed by atoms with E-state index in [9.17, 15) is 14.0 Å². The van der Waals surface area contributed by atoms with E-state index >= 15 is 0 Å². The number of esters is 1. The van der Waals surface area contributed by atoms with E-state index in [-0.39, 0.29) is 30.0 Å². The summed E-state index contributed by atoms with van der Waals surface area (Å²) in [6, 6.07) is 4.64. The van der Waals surface area contributed by atoms with Crippen molar-refractivity contribution in [2.24, 2.45) is 0 Å². The maximum atomic E-state index is 13.7. The van der Waals surface area contributed by atoms with Crippen LogP contribution in [-0.4, -0.2) is 27.6 Å². The monoisotopic (exact) mass is 375 g/mol. The van der Waals surface area contributed by atoms with Gasteiger partial charge in [-0.15, -0.1) is 0 Å². The van der Waals surface area contributed by atoms with Crippen molar-refractivity contribution in [3.05, 3.63) is 35.5 Å². The molecule has 144 valence electrons. The van der Waals surface area contributed by atoms with Gasteiger partial charge in [0.15, 0.2) is 6.61 Å². The highest BCUT2D eigenvalue weighted by atomic mass is 19.1. The standard InChI is InChI=1S/C19H22FN3O4/c1-12-6-7-14(10-15(12)20)17-21-16(27-23-17)11-26-18(25)19(22-13(2)24)8-4-3-5-9-19/h6-7,10H,3-5,8-9,11H2,1-2H3,(H,22,24). The highest BCUT2D eigenvalue weighted by molar-refractivity contribution is 5.87. The molecular formula is C19H22FN3O4. The Morgan fingerprint density at radius 1 is 1.30 bits per heavy atom. The molecule has 1 saturated carbocycles. The fraction of sp³-hybridized carbons (Fsp3) is 0.474. The Morgan fingerprint density at radius 2 is 2.04 bits per heavy atom. The largest absolute Gasteiger partial charge is 0.454 e. The summed E-state index contributed by atoms with van der Waals surface area (Å²) in [5, 5.41) is 6.55. The molecule has 0 saturated heterocycles.